The zero-order valence-electron chi connectivity index (χ0n) is 25.7. The Hall–Kier alpha value is -4.14. The molecule has 1 aliphatic heterocycles. The van der Waals surface area contributed by atoms with Crippen LogP contribution in [0, 0.1) is 5.92 Å². The molecular formula is C35H42N4O4. The summed E-state index contributed by atoms with van der Waals surface area (Å²) in [6.07, 6.45) is -0.366. The third-order valence-corrected chi connectivity index (χ3v) is 8.67. The van der Waals surface area contributed by atoms with Crippen LogP contribution in [0.25, 0.3) is 22.0 Å². The Balaban J connectivity index is 1.50. The summed E-state index contributed by atoms with van der Waals surface area (Å²) >= 11 is 0. The van der Waals surface area contributed by atoms with Crippen LogP contribution in [0.1, 0.15) is 48.4 Å². The highest BCUT2D eigenvalue weighted by Gasteiger charge is 2.34. The van der Waals surface area contributed by atoms with Crippen LogP contribution in [-0.2, 0) is 18.4 Å². The van der Waals surface area contributed by atoms with Crippen molar-refractivity contribution in [1.82, 2.24) is 19.7 Å². The largest absolute Gasteiger partial charge is 0.394 e. The molecule has 3 aromatic carbocycles. The van der Waals surface area contributed by atoms with Crippen LogP contribution in [-0.4, -0.2) is 70.3 Å². The van der Waals surface area contributed by atoms with Gasteiger partial charge in [0.15, 0.2) is 0 Å². The minimum Gasteiger partial charge on any atom is -0.394 e. The van der Waals surface area contributed by atoms with E-state index in [1.807, 2.05) is 111 Å². The van der Waals surface area contributed by atoms with E-state index in [-0.39, 0.29) is 36.6 Å². The van der Waals surface area contributed by atoms with Crippen molar-refractivity contribution in [3.05, 3.63) is 95.7 Å². The maximum Gasteiger partial charge on any atom is 0.317 e. The number of nitrogens with zero attached hydrogens (tertiary/aromatic N) is 3. The number of likely N-dealkylation sites (N-methyl/N-ethyl adjacent to an activating group) is 1. The number of fused-ring (bicyclic) bond motifs is 5. The van der Waals surface area contributed by atoms with Gasteiger partial charge in [0.25, 0.3) is 5.91 Å². The van der Waals surface area contributed by atoms with E-state index in [1.165, 1.54) is 0 Å². The summed E-state index contributed by atoms with van der Waals surface area (Å²) in [5, 5.41) is 14.3. The lowest BCUT2D eigenvalue weighted by molar-refractivity contribution is -0.0186. The number of para-hydroxylation sites is 1. The third kappa shape index (κ3) is 6.17. The van der Waals surface area contributed by atoms with Gasteiger partial charge in [-0.05, 0) is 36.6 Å². The average molecular weight is 583 g/mol. The fraction of sp³-hybridized carbons (Fsp3) is 0.371. The lowest BCUT2D eigenvalue weighted by Crippen LogP contribution is -2.49. The minimum atomic E-state index is -0.412. The molecule has 226 valence electrons. The first-order chi connectivity index (χ1) is 20.7. The van der Waals surface area contributed by atoms with Crippen LogP contribution >= 0.6 is 0 Å². The maximum absolute atomic E-state index is 14.5. The van der Waals surface area contributed by atoms with Gasteiger partial charge in [-0.25, -0.2) is 4.79 Å². The van der Waals surface area contributed by atoms with Crippen LogP contribution in [0.2, 0.25) is 0 Å². The molecule has 1 aliphatic rings. The molecule has 2 N–H and O–H groups in total. The van der Waals surface area contributed by atoms with Crippen molar-refractivity contribution in [1.29, 1.82) is 0 Å². The van der Waals surface area contributed by atoms with Gasteiger partial charge in [0.2, 0.25) is 0 Å². The summed E-state index contributed by atoms with van der Waals surface area (Å²) in [4.78, 5) is 31.1. The molecule has 0 saturated heterocycles. The quantitative estimate of drug-likeness (QED) is 0.310. The van der Waals surface area contributed by atoms with E-state index in [0.717, 1.165) is 33.2 Å². The lowest BCUT2D eigenvalue weighted by Gasteiger charge is -2.35. The molecule has 0 radical (unpaired) electrons. The third-order valence-electron chi connectivity index (χ3n) is 8.67. The van der Waals surface area contributed by atoms with Crippen molar-refractivity contribution >= 4 is 22.8 Å². The van der Waals surface area contributed by atoms with Crippen LogP contribution in [0.4, 0.5) is 4.79 Å². The Morgan fingerprint density at radius 2 is 1.72 bits per heavy atom. The topological polar surface area (TPSA) is 87.0 Å². The number of amides is 3. The number of aryl methyl sites for hydroxylation is 1. The molecule has 0 unspecified atom stereocenters. The SMILES string of the molecule is C[C@H](NC(=O)N(C)C[C@H]1OCc2ccccc2-c2c(n(C)c3ccccc23)C(=O)N([C@H](C)CO)C[C@@H]1C)c1ccccc1. The number of aliphatic hydroxyl groups excluding tert-OH is 1. The molecule has 4 atom stereocenters. The molecular weight excluding hydrogens is 540 g/mol. The Kier molecular flexibility index (Phi) is 9.18. The van der Waals surface area contributed by atoms with Gasteiger partial charge in [-0.3, -0.25) is 4.79 Å². The van der Waals surface area contributed by atoms with Crippen molar-refractivity contribution < 1.29 is 19.4 Å². The number of nitrogens with one attached hydrogen (secondary N) is 1. The first-order valence-corrected chi connectivity index (χ1v) is 15.0. The lowest BCUT2D eigenvalue weighted by atomic mass is 9.96. The molecule has 8 heteroatoms. The normalized spacial score (nSPS) is 18.7. The number of ether oxygens (including phenoxy) is 1. The Labute approximate surface area is 253 Å². The van der Waals surface area contributed by atoms with Gasteiger partial charge in [-0.1, -0.05) is 79.7 Å². The molecule has 0 bridgehead atoms. The smallest absolute Gasteiger partial charge is 0.317 e. The Morgan fingerprint density at radius 3 is 2.47 bits per heavy atom. The first-order valence-electron chi connectivity index (χ1n) is 15.0. The summed E-state index contributed by atoms with van der Waals surface area (Å²) in [5.74, 6) is -0.275. The number of rotatable bonds is 6. The number of aliphatic hydroxyl groups is 1. The average Bonchev–Trinajstić information content (AvgIpc) is 3.32. The van der Waals surface area contributed by atoms with E-state index in [1.54, 1.807) is 16.8 Å². The first kappa shape index (κ1) is 30.3. The number of urea groups is 1. The summed E-state index contributed by atoms with van der Waals surface area (Å²) < 4.78 is 8.59. The number of benzene rings is 3. The van der Waals surface area contributed by atoms with E-state index in [0.29, 0.717) is 25.4 Å². The van der Waals surface area contributed by atoms with E-state index in [4.69, 9.17) is 4.74 Å². The van der Waals surface area contributed by atoms with Gasteiger partial charge in [0, 0.05) is 49.6 Å². The second kappa shape index (κ2) is 13.0. The van der Waals surface area contributed by atoms with Crippen LogP contribution in [0.5, 0.6) is 0 Å². The van der Waals surface area contributed by atoms with E-state index < -0.39 is 6.04 Å². The zero-order valence-corrected chi connectivity index (χ0v) is 25.7. The maximum atomic E-state index is 14.5. The van der Waals surface area contributed by atoms with E-state index in [2.05, 4.69) is 5.32 Å². The van der Waals surface area contributed by atoms with Crippen LogP contribution in [0.3, 0.4) is 0 Å². The molecule has 0 aliphatic carbocycles. The minimum absolute atomic E-state index is 0.136. The number of carbonyl (C=O) groups excluding carboxylic acids is 2. The number of hydrogen-bond acceptors (Lipinski definition) is 4. The predicted molar refractivity (Wildman–Crippen MR) is 170 cm³/mol. The molecule has 43 heavy (non-hydrogen) atoms. The number of carbonyl (C=O) groups is 2. The van der Waals surface area contributed by atoms with E-state index in [9.17, 15) is 14.7 Å². The molecule has 8 nitrogen and oxygen atoms in total. The van der Waals surface area contributed by atoms with Gasteiger partial charge in [0.1, 0.15) is 5.69 Å². The summed E-state index contributed by atoms with van der Waals surface area (Å²) in [7, 11) is 3.69. The van der Waals surface area contributed by atoms with Crippen molar-refractivity contribution in [2.75, 3.05) is 26.7 Å². The molecule has 0 spiro atoms. The molecule has 0 saturated carbocycles. The number of hydrogen-bond donors (Lipinski definition) is 2. The molecule has 1 aromatic heterocycles. The zero-order chi connectivity index (χ0) is 30.7. The molecule has 4 aromatic rings. The van der Waals surface area contributed by atoms with E-state index >= 15 is 0 Å². The van der Waals surface area contributed by atoms with Crippen LogP contribution < -0.4 is 5.32 Å². The van der Waals surface area contributed by atoms with Gasteiger partial charge in [-0.15, -0.1) is 0 Å². The summed E-state index contributed by atoms with van der Waals surface area (Å²) in [6, 6.07) is 25.2. The van der Waals surface area contributed by atoms with Crippen molar-refractivity contribution in [3.63, 3.8) is 0 Å². The highest BCUT2D eigenvalue weighted by atomic mass is 16.5. The van der Waals surface area contributed by atoms with Crippen LogP contribution in [0.15, 0.2) is 78.9 Å². The highest BCUT2D eigenvalue weighted by Crippen LogP contribution is 2.38. The Bertz CT molecular complexity index is 1580. The summed E-state index contributed by atoms with van der Waals surface area (Å²) in [5.41, 5.74) is 5.36. The fourth-order valence-electron chi connectivity index (χ4n) is 6.00. The number of aromatic nitrogens is 1. The molecule has 3 amide bonds. The molecule has 5 rings (SSSR count). The Morgan fingerprint density at radius 1 is 1.05 bits per heavy atom. The van der Waals surface area contributed by atoms with Gasteiger partial charge in [-0.2, -0.15) is 0 Å². The van der Waals surface area contributed by atoms with Gasteiger partial charge in [0.05, 0.1) is 31.4 Å². The predicted octanol–water partition coefficient (Wildman–Crippen LogP) is 5.61. The fourth-order valence-corrected chi connectivity index (χ4v) is 6.00. The standard InChI is InChI=1S/C35H42N4O4/c1-23-19-39(24(2)21-40)34(41)33-32(29-17-11-12-18-30(29)38(33)5)28-16-10-9-15-27(28)22-43-31(23)20-37(4)35(42)36-25(3)26-13-7-6-8-14-26/h6-18,23-25,31,40H,19-22H2,1-5H3,(H,36,42)/t23-,24+,25-,31+/m0/s1. The second-order valence-electron chi connectivity index (χ2n) is 11.7. The van der Waals surface area contributed by atoms with Crippen molar-refractivity contribution in [3.8, 4) is 11.1 Å². The van der Waals surface area contributed by atoms with Crippen molar-refractivity contribution in [2.24, 2.45) is 13.0 Å². The van der Waals surface area contributed by atoms with Gasteiger partial charge >= 0.3 is 6.03 Å². The monoisotopic (exact) mass is 582 g/mol. The second-order valence-corrected chi connectivity index (χ2v) is 11.7. The summed E-state index contributed by atoms with van der Waals surface area (Å²) in [6.45, 7) is 6.72. The molecule has 0 fully saturated rings. The molecule has 2 heterocycles. The van der Waals surface area contributed by atoms with Gasteiger partial charge < -0.3 is 29.5 Å². The van der Waals surface area contributed by atoms with Crippen molar-refractivity contribution in [2.45, 2.75) is 45.6 Å². The highest BCUT2D eigenvalue weighted by molar-refractivity contribution is 6.10.